The first kappa shape index (κ1) is 32.3. The van der Waals surface area contributed by atoms with Gasteiger partial charge >= 0.3 is 0 Å². The van der Waals surface area contributed by atoms with Crippen molar-refractivity contribution in [1.29, 1.82) is 0 Å². The molecule has 4 nitrogen and oxygen atoms in total. The summed E-state index contributed by atoms with van der Waals surface area (Å²) in [5.74, 6) is 2.79. The fraction of sp³-hybridized carbons (Fsp3) is 0.0182. The summed E-state index contributed by atoms with van der Waals surface area (Å²) >= 11 is 0. The van der Waals surface area contributed by atoms with E-state index in [0.717, 1.165) is 34.1 Å². The van der Waals surface area contributed by atoms with Crippen molar-refractivity contribution in [2.75, 3.05) is 4.90 Å². The predicted molar refractivity (Wildman–Crippen MR) is 238 cm³/mol. The fourth-order valence-corrected chi connectivity index (χ4v) is 10.4. The van der Waals surface area contributed by atoms with Crippen LogP contribution in [-0.2, 0) is 5.41 Å². The maximum atomic E-state index is 7.14. The Morgan fingerprint density at radius 3 is 1.64 bits per heavy atom. The van der Waals surface area contributed by atoms with Gasteiger partial charge in [0.15, 0.2) is 23.0 Å². The number of hydrogen-bond donors (Lipinski definition) is 0. The lowest BCUT2D eigenvalue weighted by molar-refractivity contribution is 0.361. The quantitative estimate of drug-likeness (QED) is 0.179. The Morgan fingerprint density at radius 1 is 0.390 bits per heavy atom. The SMILES string of the molecule is c1ccc(N(c2cccc(-n3c4ccccc4c4ccccc43)c2)c2cccc3c2Oc2ccc4c(c2O3)-c2ccccc2C42c3ccccc3-c3ccccc32)cc1. The number of fused-ring (bicyclic) bond motifs is 16. The molecule has 0 unspecified atom stereocenters. The molecule has 13 rings (SSSR count). The van der Waals surface area contributed by atoms with Crippen molar-refractivity contribution in [2.45, 2.75) is 5.41 Å². The second-order valence-corrected chi connectivity index (χ2v) is 15.6. The molecule has 0 radical (unpaired) electrons. The highest BCUT2D eigenvalue weighted by Crippen LogP contribution is 2.66. The Bertz CT molecular complexity index is 3260. The molecule has 1 aromatic heterocycles. The van der Waals surface area contributed by atoms with Gasteiger partial charge in [0.25, 0.3) is 0 Å². The van der Waals surface area contributed by atoms with Crippen LogP contribution < -0.4 is 14.4 Å². The van der Waals surface area contributed by atoms with Crippen molar-refractivity contribution in [3.05, 3.63) is 229 Å². The van der Waals surface area contributed by atoms with Gasteiger partial charge in [-0.05, 0) is 99.6 Å². The van der Waals surface area contributed by atoms with Crippen LogP contribution in [0.5, 0.6) is 23.0 Å². The molecule has 3 aliphatic rings. The standard InChI is InChI=1S/C55H34N2O2/c1-2-16-35(17-3-1)56(36-18-14-19-37(34-36)57-47-28-12-7-22-40(47)41-23-8-13-29-48(41)57)49-30-15-31-50-53(49)58-51-33-32-46-52(54(51)59-50)42-24-6-11-27-45(42)55(46)43-25-9-4-20-38(43)39-21-5-10-26-44(39)55/h1-34H. The van der Waals surface area contributed by atoms with E-state index < -0.39 is 5.41 Å². The zero-order valence-electron chi connectivity index (χ0n) is 31.8. The molecule has 1 spiro atoms. The second-order valence-electron chi connectivity index (χ2n) is 15.6. The van der Waals surface area contributed by atoms with E-state index in [0.29, 0.717) is 17.2 Å². The minimum Gasteiger partial charge on any atom is -0.449 e. The number of aromatic nitrogens is 1. The van der Waals surface area contributed by atoms with Crippen LogP contribution in [0.4, 0.5) is 17.1 Å². The number of hydrogen-bond acceptors (Lipinski definition) is 3. The van der Waals surface area contributed by atoms with E-state index in [4.69, 9.17) is 9.47 Å². The van der Waals surface area contributed by atoms with Gasteiger partial charge in [0.2, 0.25) is 0 Å². The summed E-state index contributed by atoms with van der Waals surface area (Å²) in [6, 6.07) is 73.7. The smallest absolute Gasteiger partial charge is 0.194 e. The first-order chi connectivity index (χ1) is 29.3. The molecule has 0 amide bonds. The summed E-state index contributed by atoms with van der Waals surface area (Å²) in [5, 5.41) is 2.47. The third-order valence-corrected chi connectivity index (χ3v) is 12.6. The van der Waals surface area contributed by atoms with Crippen molar-refractivity contribution in [3.8, 4) is 50.9 Å². The van der Waals surface area contributed by atoms with Gasteiger partial charge in [-0.1, -0.05) is 146 Å². The molecule has 0 fully saturated rings. The van der Waals surface area contributed by atoms with Crippen LogP contribution in [0.1, 0.15) is 22.3 Å². The van der Waals surface area contributed by atoms with Crippen molar-refractivity contribution in [3.63, 3.8) is 0 Å². The van der Waals surface area contributed by atoms with Crippen molar-refractivity contribution in [2.24, 2.45) is 0 Å². The summed E-state index contributed by atoms with van der Waals surface area (Å²) in [5.41, 5.74) is 15.7. The number of benzene rings is 9. The lowest BCUT2D eigenvalue weighted by atomic mass is 9.70. The van der Waals surface area contributed by atoms with Crippen LogP contribution in [0, 0.1) is 0 Å². The molecule has 2 heterocycles. The van der Waals surface area contributed by atoms with Gasteiger partial charge in [-0.3, -0.25) is 0 Å². The summed E-state index contributed by atoms with van der Waals surface area (Å²) in [6.07, 6.45) is 0. The van der Waals surface area contributed by atoms with Crippen LogP contribution >= 0.6 is 0 Å². The van der Waals surface area contributed by atoms with E-state index in [2.05, 4.69) is 210 Å². The van der Waals surface area contributed by atoms with Crippen molar-refractivity contribution < 1.29 is 9.47 Å². The molecular weight excluding hydrogens is 721 g/mol. The molecule has 0 saturated heterocycles. The maximum absolute atomic E-state index is 7.14. The lowest BCUT2D eigenvalue weighted by Gasteiger charge is -2.32. The number of rotatable bonds is 4. The molecule has 4 heteroatoms. The Balaban J connectivity index is 0.980. The minimum absolute atomic E-state index is 0.467. The van der Waals surface area contributed by atoms with Gasteiger partial charge in [0.05, 0.1) is 22.1 Å². The van der Waals surface area contributed by atoms with Gasteiger partial charge in [-0.15, -0.1) is 0 Å². The van der Waals surface area contributed by atoms with Crippen LogP contribution in [0.15, 0.2) is 206 Å². The van der Waals surface area contributed by atoms with Crippen LogP contribution in [0.25, 0.3) is 49.7 Å². The van der Waals surface area contributed by atoms with E-state index in [1.807, 2.05) is 6.07 Å². The number of anilines is 3. The minimum atomic E-state index is -0.467. The Labute approximate surface area is 341 Å². The van der Waals surface area contributed by atoms with Gasteiger partial charge in [-0.25, -0.2) is 0 Å². The average Bonchev–Trinajstić information content (AvgIpc) is 3.91. The highest BCUT2D eigenvalue weighted by atomic mass is 16.6. The van der Waals surface area contributed by atoms with Crippen LogP contribution in [-0.4, -0.2) is 4.57 Å². The monoisotopic (exact) mass is 754 g/mol. The fourth-order valence-electron chi connectivity index (χ4n) is 10.4. The lowest BCUT2D eigenvalue weighted by Crippen LogP contribution is -2.25. The molecule has 0 saturated carbocycles. The zero-order valence-corrected chi connectivity index (χ0v) is 31.8. The highest BCUT2D eigenvalue weighted by molar-refractivity contribution is 6.09. The van der Waals surface area contributed by atoms with Crippen molar-refractivity contribution >= 4 is 38.9 Å². The third kappa shape index (κ3) is 4.32. The normalized spacial score (nSPS) is 13.5. The number of nitrogens with zero attached hydrogens (tertiary/aromatic N) is 2. The van der Waals surface area contributed by atoms with E-state index in [1.165, 1.54) is 60.8 Å². The Morgan fingerprint density at radius 2 is 0.932 bits per heavy atom. The predicted octanol–water partition coefficient (Wildman–Crippen LogP) is 14.5. The van der Waals surface area contributed by atoms with Crippen LogP contribution in [0.2, 0.25) is 0 Å². The summed E-state index contributed by atoms with van der Waals surface area (Å²) in [6.45, 7) is 0. The zero-order chi connectivity index (χ0) is 38.7. The molecule has 0 N–H and O–H groups in total. The Hall–Kier alpha value is -7.82. The molecule has 59 heavy (non-hydrogen) atoms. The van der Waals surface area contributed by atoms with E-state index in [-0.39, 0.29) is 0 Å². The first-order valence-electron chi connectivity index (χ1n) is 20.2. The largest absolute Gasteiger partial charge is 0.449 e. The molecule has 0 bridgehead atoms. The topological polar surface area (TPSA) is 26.6 Å². The van der Waals surface area contributed by atoms with Gasteiger partial charge in [0.1, 0.15) is 0 Å². The van der Waals surface area contributed by atoms with Crippen LogP contribution in [0.3, 0.4) is 0 Å². The highest BCUT2D eigenvalue weighted by Gasteiger charge is 2.53. The molecule has 2 aliphatic carbocycles. The van der Waals surface area contributed by atoms with Crippen molar-refractivity contribution in [1.82, 2.24) is 4.57 Å². The van der Waals surface area contributed by atoms with E-state index in [9.17, 15) is 0 Å². The summed E-state index contributed by atoms with van der Waals surface area (Å²) < 4.78 is 16.6. The molecule has 1 aliphatic heterocycles. The molecule has 9 aromatic carbocycles. The van der Waals surface area contributed by atoms with E-state index in [1.54, 1.807) is 0 Å². The average molecular weight is 755 g/mol. The Kier molecular flexibility index (Phi) is 6.62. The molecule has 0 atom stereocenters. The van der Waals surface area contributed by atoms with E-state index >= 15 is 0 Å². The second kappa shape index (κ2) is 12.1. The summed E-state index contributed by atoms with van der Waals surface area (Å²) in [7, 11) is 0. The number of ether oxygens (including phenoxy) is 2. The molecule has 276 valence electrons. The van der Waals surface area contributed by atoms with Gasteiger partial charge < -0.3 is 18.9 Å². The van der Waals surface area contributed by atoms with Gasteiger partial charge in [0, 0.05) is 33.4 Å². The number of para-hydroxylation sites is 4. The maximum Gasteiger partial charge on any atom is 0.194 e. The molecular formula is C55H34N2O2. The molecule has 10 aromatic rings. The summed E-state index contributed by atoms with van der Waals surface area (Å²) in [4.78, 5) is 2.27. The third-order valence-electron chi connectivity index (χ3n) is 12.6. The first-order valence-corrected chi connectivity index (χ1v) is 20.2. The van der Waals surface area contributed by atoms with Gasteiger partial charge in [-0.2, -0.15) is 0 Å².